The quantitative estimate of drug-likeness (QED) is 0.426. The largest absolute Gasteiger partial charge is 0.484 e. The van der Waals surface area contributed by atoms with Gasteiger partial charge in [0.2, 0.25) is 18.6 Å². The summed E-state index contributed by atoms with van der Waals surface area (Å²) >= 11 is 12.0. The molecule has 196 valence electrons. The number of anilines is 2. The lowest BCUT2D eigenvalue weighted by Crippen LogP contribution is -2.32. The first-order valence-electron chi connectivity index (χ1n) is 11.8. The maximum atomic E-state index is 12.7. The summed E-state index contributed by atoms with van der Waals surface area (Å²) in [5.74, 6) is 0.587. The van der Waals surface area contributed by atoms with Crippen LogP contribution in [0.25, 0.3) is 0 Å². The van der Waals surface area contributed by atoms with Crippen molar-refractivity contribution >= 4 is 52.3 Å². The number of hydrogen-bond donors (Lipinski definition) is 2. The smallest absolute Gasteiger partial charge is 0.262 e. The molecule has 1 saturated heterocycles. The number of amides is 3. The molecule has 0 saturated carbocycles. The summed E-state index contributed by atoms with van der Waals surface area (Å²) < 4.78 is 16.2. The van der Waals surface area contributed by atoms with E-state index in [2.05, 4.69) is 10.6 Å². The summed E-state index contributed by atoms with van der Waals surface area (Å²) in [6.07, 6.45) is 0.122. The van der Waals surface area contributed by atoms with Crippen LogP contribution >= 0.6 is 23.2 Å². The van der Waals surface area contributed by atoms with Crippen molar-refractivity contribution in [3.63, 3.8) is 0 Å². The van der Waals surface area contributed by atoms with Crippen LogP contribution in [0.15, 0.2) is 60.7 Å². The van der Waals surface area contributed by atoms with E-state index in [1.165, 1.54) is 0 Å². The lowest BCUT2D eigenvalue weighted by atomic mass is 10.1. The highest BCUT2D eigenvalue weighted by Crippen LogP contribution is 2.33. The average molecular weight is 556 g/mol. The highest BCUT2D eigenvalue weighted by molar-refractivity contribution is 6.44. The number of hydrogen-bond acceptors (Lipinski definition) is 6. The molecular formula is C27H23Cl2N3O6. The average Bonchev–Trinajstić information content (AvgIpc) is 3.55. The molecular weight excluding hydrogens is 533 g/mol. The van der Waals surface area contributed by atoms with E-state index in [9.17, 15) is 14.4 Å². The minimum Gasteiger partial charge on any atom is -0.484 e. The van der Waals surface area contributed by atoms with E-state index < -0.39 is 11.8 Å². The Morgan fingerprint density at radius 2 is 1.82 bits per heavy atom. The maximum Gasteiger partial charge on any atom is 0.262 e. The highest BCUT2D eigenvalue weighted by Gasteiger charge is 2.35. The van der Waals surface area contributed by atoms with E-state index in [0.717, 1.165) is 5.56 Å². The number of nitrogens with zero attached hydrogens (tertiary/aromatic N) is 1. The fraction of sp³-hybridized carbons (Fsp3) is 0.222. The minimum absolute atomic E-state index is 0.122. The number of ether oxygens (including phenoxy) is 3. The van der Waals surface area contributed by atoms with Crippen molar-refractivity contribution in [1.82, 2.24) is 5.32 Å². The third-order valence-electron chi connectivity index (χ3n) is 6.14. The molecule has 0 aromatic heterocycles. The molecule has 3 amide bonds. The highest BCUT2D eigenvalue weighted by atomic mass is 35.5. The molecule has 0 unspecified atom stereocenters. The number of benzene rings is 3. The van der Waals surface area contributed by atoms with Gasteiger partial charge in [-0.3, -0.25) is 14.4 Å². The van der Waals surface area contributed by atoms with Crippen molar-refractivity contribution in [1.29, 1.82) is 0 Å². The van der Waals surface area contributed by atoms with Crippen LogP contribution in [0.2, 0.25) is 10.0 Å². The van der Waals surface area contributed by atoms with Crippen LogP contribution in [0.4, 0.5) is 11.4 Å². The van der Waals surface area contributed by atoms with Gasteiger partial charge < -0.3 is 29.7 Å². The Labute approximate surface area is 228 Å². The van der Waals surface area contributed by atoms with Gasteiger partial charge in [0, 0.05) is 25.2 Å². The Balaban J connectivity index is 1.11. The van der Waals surface area contributed by atoms with E-state index in [-0.39, 0.29) is 43.2 Å². The summed E-state index contributed by atoms with van der Waals surface area (Å²) in [5, 5.41) is 6.13. The molecule has 0 aliphatic carbocycles. The van der Waals surface area contributed by atoms with Crippen molar-refractivity contribution in [2.24, 2.45) is 5.92 Å². The molecule has 0 spiro atoms. The second-order valence-corrected chi connectivity index (χ2v) is 9.53. The van der Waals surface area contributed by atoms with E-state index in [0.29, 0.717) is 40.2 Å². The summed E-state index contributed by atoms with van der Waals surface area (Å²) in [6.45, 7) is 0.543. The van der Waals surface area contributed by atoms with E-state index in [4.69, 9.17) is 37.4 Å². The molecule has 38 heavy (non-hydrogen) atoms. The molecule has 3 aromatic carbocycles. The second-order valence-electron chi connectivity index (χ2n) is 8.74. The van der Waals surface area contributed by atoms with Crippen LogP contribution in [0.5, 0.6) is 17.2 Å². The summed E-state index contributed by atoms with van der Waals surface area (Å²) in [7, 11) is 0. The Morgan fingerprint density at radius 1 is 1.03 bits per heavy atom. The minimum atomic E-state index is -0.463. The fourth-order valence-corrected chi connectivity index (χ4v) is 4.52. The van der Waals surface area contributed by atoms with Crippen LogP contribution in [-0.2, 0) is 20.9 Å². The first-order valence-corrected chi connectivity index (χ1v) is 12.6. The van der Waals surface area contributed by atoms with Crippen molar-refractivity contribution in [3.8, 4) is 17.2 Å². The summed E-state index contributed by atoms with van der Waals surface area (Å²) in [6, 6.07) is 17.2. The van der Waals surface area contributed by atoms with Gasteiger partial charge in [-0.1, -0.05) is 35.3 Å². The summed E-state index contributed by atoms with van der Waals surface area (Å²) in [5.41, 5.74) is 1.91. The number of carbonyl (C=O) groups is 3. The van der Waals surface area contributed by atoms with Gasteiger partial charge in [0.15, 0.2) is 18.1 Å². The number of halogens is 2. The Bertz CT molecular complexity index is 1380. The monoisotopic (exact) mass is 555 g/mol. The molecule has 0 radical (unpaired) electrons. The van der Waals surface area contributed by atoms with Crippen LogP contribution in [0.1, 0.15) is 12.0 Å². The van der Waals surface area contributed by atoms with Crippen LogP contribution in [0, 0.1) is 5.92 Å². The topological polar surface area (TPSA) is 106 Å². The zero-order valence-electron chi connectivity index (χ0n) is 20.0. The van der Waals surface area contributed by atoms with Gasteiger partial charge in [0.05, 0.1) is 21.7 Å². The molecule has 3 aromatic rings. The first-order chi connectivity index (χ1) is 18.4. The molecule has 11 heteroatoms. The predicted molar refractivity (Wildman–Crippen MR) is 142 cm³/mol. The molecule has 9 nitrogen and oxygen atoms in total. The Kier molecular flexibility index (Phi) is 7.57. The van der Waals surface area contributed by atoms with E-state index >= 15 is 0 Å². The maximum absolute atomic E-state index is 12.7. The zero-order valence-corrected chi connectivity index (χ0v) is 21.6. The third kappa shape index (κ3) is 5.79. The van der Waals surface area contributed by atoms with E-state index in [1.807, 2.05) is 12.1 Å². The molecule has 0 bridgehead atoms. The van der Waals surface area contributed by atoms with Gasteiger partial charge in [-0.05, 0) is 54.1 Å². The molecule has 2 aliphatic rings. The van der Waals surface area contributed by atoms with Gasteiger partial charge in [-0.25, -0.2) is 0 Å². The van der Waals surface area contributed by atoms with Crippen molar-refractivity contribution < 1.29 is 28.6 Å². The molecule has 2 N–H and O–H groups in total. The van der Waals surface area contributed by atoms with Crippen LogP contribution in [0.3, 0.4) is 0 Å². The molecule has 2 aliphatic heterocycles. The van der Waals surface area contributed by atoms with Gasteiger partial charge in [0.25, 0.3) is 5.91 Å². The number of nitrogens with one attached hydrogen (secondary N) is 2. The normalized spacial score (nSPS) is 15.9. The second kappa shape index (κ2) is 11.2. The van der Waals surface area contributed by atoms with Crippen LogP contribution in [-0.4, -0.2) is 37.7 Å². The molecule has 2 heterocycles. The van der Waals surface area contributed by atoms with Gasteiger partial charge >= 0.3 is 0 Å². The third-order valence-corrected chi connectivity index (χ3v) is 6.96. The Morgan fingerprint density at radius 3 is 2.63 bits per heavy atom. The van der Waals surface area contributed by atoms with Gasteiger partial charge in [-0.15, -0.1) is 0 Å². The van der Waals surface area contributed by atoms with Crippen molar-refractivity contribution in [2.45, 2.75) is 13.0 Å². The summed E-state index contributed by atoms with van der Waals surface area (Å²) in [4.78, 5) is 39.2. The molecule has 1 atom stereocenters. The SMILES string of the molecule is O=C(COc1ccc(N2C[C@H](C(=O)NCc3ccc4c(c3)OCO4)CC2=O)cc1)Nc1cccc(Cl)c1Cl. The van der Waals surface area contributed by atoms with Crippen molar-refractivity contribution in [3.05, 3.63) is 76.3 Å². The standard InChI is InChI=1S/C27H23Cl2N3O6/c28-20-2-1-3-21(26(20)29)31-24(33)14-36-19-7-5-18(6-8-19)32-13-17(11-25(32)34)27(35)30-12-16-4-9-22-23(10-16)38-15-37-22/h1-10,17H,11-15H2,(H,30,35)(H,31,33)/t17-/m1/s1. The van der Waals surface area contributed by atoms with Gasteiger partial charge in [0.1, 0.15) is 5.75 Å². The first kappa shape index (κ1) is 25.7. The molecule has 1 fully saturated rings. The van der Waals surface area contributed by atoms with Gasteiger partial charge in [-0.2, -0.15) is 0 Å². The van der Waals surface area contributed by atoms with Crippen molar-refractivity contribution in [2.75, 3.05) is 30.2 Å². The number of rotatable bonds is 8. The number of fused-ring (bicyclic) bond motifs is 1. The zero-order chi connectivity index (χ0) is 26.6. The molecule has 5 rings (SSSR count). The lowest BCUT2D eigenvalue weighted by molar-refractivity contribution is -0.126. The fourth-order valence-electron chi connectivity index (χ4n) is 4.17. The number of carbonyl (C=O) groups excluding carboxylic acids is 3. The van der Waals surface area contributed by atoms with Crippen LogP contribution < -0.4 is 29.7 Å². The lowest BCUT2D eigenvalue weighted by Gasteiger charge is -2.17. The predicted octanol–water partition coefficient (Wildman–Crippen LogP) is 4.41. The Hall–Kier alpha value is -3.95. The van der Waals surface area contributed by atoms with E-state index in [1.54, 1.807) is 53.4 Å².